The van der Waals surface area contributed by atoms with Gasteiger partial charge in [0.15, 0.2) is 41.7 Å². The number of primary amides is 1. The van der Waals surface area contributed by atoms with Crippen LogP contribution in [0.15, 0.2) is 61.2 Å². The van der Waals surface area contributed by atoms with E-state index in [1.165, 1.54) is 53.3 Å². The average molecular weight is 841 g/mol. The predicted molar refractivity (Wildman–Crippen MR) is 196 cm³/mol. The molecule has 312 valence electrons. The maximum Gasteiger partial charge on any atom is 0.478 e. The van der Waals surface area contributed by atoms with Crippen molar-refractivity contribution in [1.29, 1.82) is 0 Å². The van der Waals surface area contributed by atoms with E-state index in [0.29, 0.717) is 5.56 Å². The molecule has 0 radical (unpaired) electrons. The number of hydrogen-bond donors (Lipinski definition) is 7. The third-order valence-corrected chi connectivity index (χ3v) is 11.8. The van der Waals surface area contributed by atoms with Gasteiger partial charge in [0.05, 0.1) is 13.2 Å². The van der Waals surface area contributed by atoms with Crippen LogP contribution in [0, 0.1) is 0 Å². The van der Waals surface area contributed by atoms with E-state index in [1.807, 2.05) is 0 Å². The molecule has 57 heavy (non-hydrogen) atoms. The molecule has 2 aliphatic heterocycles. The largest absolute Gasteiger partial charge is 0.756 e. The Balaban J connectivity index is 0.000000811. The molecule has 3 aromatic heterocycles. The molecule has 0 aliphatic carbocycles. The second kappa shape index (κ2) is 18.8. The second-order valence-corrected chi connectivity index (χ2v) is 15.8. The summed E-state index contributed by atoms with van der Waals surface area (Å²) in [5, 5.41) is 42.5. The maximum absolute atomic E-state index is 12.6. The van der Waals surface area contributed by atoms with Gasteiger partial charge in [-0.2, -0.15) is 4.57 Å². The van der Waals surface area contributed by atoms with Crippen LogP contribution in [0.4, 0.5) is 5.82 Å². The Morgan fingerprint density at radius 2 is 1.56 bits per heavy atom. The molecule has 1 amide bonds. The van der Waals surface area contributed by atoms with Gasteiger partial charge in [0.25, 0.3) is 20.0 Å². The summed E-state index contributed by atoms with van der Waals surface area (Å²) in [6, 6.07) is 11.5. The average Bonchev–Trinajstić information content (AvgIpc) is 3.81. The Labute approximate surface area is 326 Å². The minimum Gasteiger partial charge on any atom is -0.756 e. The number of nitrogen functional groups attached to an aromatic ring is 1. The van der Waals surface area contributed by atoms with Crippen molar-refractivity contribution in [2.75, 3.05) is 38.6 Å². The highest BCUT2D eigenvalue weighted by Crippen LogP contribution is 2.58. The number of aromatic nitrogens is 5. The third-order valence-electron chi connectivity index (χ3n) is 9.21. The fourth-order valence-electron chi connectivity index (χ4n) is 6.13. The zero-order valence-electron chi connectivity index (χ0n) is 31.1. The van der Waals surface area contributed by atoms with Crippen LogP contribution in [-0.4, -0.2) is 125 Å². The summed E-state index contributed by atoms with van der Waals surface area (Å²) in [5.41, 5.74) is 12.2. The van der Waals surface area contributed by atoms with Crippen molar-refractivity contribution in [3.05, 3.63) is 66.7 Å². The van der Waals surface area contributed by atoms with Gasteiger partial charge >= 0.3 is 7.82 Å². The molecule has 5 heterocycles. The van der Waals surface area contributed by atoms with E-state index >= 15 is 0 Å². The number of phosphoric ester groups is 2. The molecule has 0 saturated carbocycles. The zero-order chi connectivity index (χ0) is 41.7. The molecule has 2 aliphatic rings. The standard InChI is InChI=1S/C27H31N7O14P2.C6H15N/c28-22-17-25(31-12-30-22)34(24(32-17)13-5-2-1-3-6-13)27-21(38)19(36)16(47-27)11-45-50(42,43)48-49(40,41)44-10-15-18(35)20(37)26(46-15)33-8-4-7-14(9-33)23(29)39;1-4-7(5-2)6-3/h1-9,12,15-16,18-21,26-27,35-38H,10-11H2,(H5-,28,29,30,31,39,40,41,42,43);4-6H2,1-3H3/t15-,16-,18-,19-,20-,21-,26-,27-;/m1./s1. The zero-order valence-corrected chi connectivity index (χ0v) is 32.9. The van der Waals surface area contributed by atoms with E-state index in [2.05, 4.69) is 49.5 Å². The lowest BCUT2D eigenvalue weighted by molar-refractivity contribution is -0.765. The number of ether oxygens (including phenoxy) is 2. The lowest BCUT2D eigenvalue weighted by atomic mass is 10.1. The lowest BCUT2D eigenvalue weighted by Gasteiger charge is -2.26. The summed E-state index contributed by atoms with van der Waals surface area (Å²) in [4.78, 5) is 49.1. The van der Waals surface area contributed by atoms with E-state index in [-0.39, 0.29) is 28.4 Å². The van der Waals surface area contributed by atoms with Crippen molar-refractivity contribution in [3.63, 3.8) is 0 Å². The molecule has 9 N–H and O–H groups in total. The molecular formula is C33H46N8O14P2. The normalized spacial score (nSPS) is 26.8. The number of benzene rings is 1. The van der Waals surface area contributed by atoms with Gasteiger partial charge in [-0.25, -0.2) is 23.8 Å². The number of pyridine rings is 1. The Hall–Kier alpha value is -3.83. The van der Waals surface area contributed by atoms with Gasteiger partial charge in [-0.1, -0.05) is 51.1 Å². The monoisotopic (exact) mass is 840 g/mol. The van der Waals surface area contributed by atoms with Crippen molar-refractivity contribution in [1.82, 2.24) is 24.4 Å². The van der Waals surface area contributed by atoms with Crippen molar-refractivity contribution >= 4 is 38.5 Å². The first-order valence-electron chi connectivity index (χ1n) is 17.7. The fraction of sp³-hybridized carbons (Fsp3) is 0.485. The number of imidazole rings is 1. The van der Waals surface area contributed by atoms with Crippen molar-refractivity contribution in [3.8, 4) is 11.4 Å². The minimum absolute atomic E-state index is 0.0281. The molecule has 6 rings (SSSR count). The topological polar surface area (TPSA) is 324 Å². The molecule has 1 aromatic carbocycles. The molecule has 4 aromatic rings. The van der Waals surface area contributed by atoms with Crippen LogP contribution in [0.5, 0.6) is 0 Å². The van der Waals surface area contributed by atoms with Crippen LogP contribution in [0.25, 0.3) is 22.6 Å². The van der Waals surface area contributed by atoms with Crippen LogP contribution >= 0.6 is 15.6 Å². The summed E-state index contributed by atoms with van der Waals surface area (Å²) in [7, 11) is -11.1. The van der Waals surface area contributed by atoms with Gasteiger partial charge < -0.3 is 60.6 Å². The quantitative estimate of drug-likeness (QED) is 0.0578. The minimum atomic E-state index is -5.66. The number of fused-ring (bicyclic) bond motifs is 1. The van der Waals surface area contributed by atoms with E-state index in [1.54, 1.807) is 30.3 Å². The van der Waals surface area contributed by atoms with Gasteiger partial charge in [-0.3, -0.25) is 18.5 Å². The van der Waals surface area contributed by atoms with Gasteiger partial charge in [0.1, 0.15) is 48.2 Å². The van der Waals surface area contributed by atoms with Crippen LogP contribution < -0.4 is 20.9 Å². The summed E-state index contributed by atoms with van der Waals surface area (Å²) in [5.74, 6) is -0.512. The summed E-state index contributed by atoms with van der Waals surface area (Å²) >= 11 is 0. The molecule has 24 heteroatoms. The van der Waals surface area contributed by atoms with Gasteiger partial charge in [0, 0.05) is 11.6 Å². The number of phosphoric acid groups is 2. The number of carbonyl (C=O) groups is 1. The fourth-order valence-corrected chi connectivity index (χ4v) is 8.18. The van der Waals surface area contributed by atoms with Crippen LogP contribution in [0.1, 0.15) is 43.6 Å². The molecule has 10 atom stereocenters. The summed E-state index contributed by atoms with van der Waals surface area (Å²) in [6.45, 7) is 8.20. The number of carbonyl (C=O) groups excluding carboxylic acids is 1. The highest BCUT2D eigenvalue weighted by molar-refractivity contribution is 7.60. The number of nitrogens with zero attached hydrogens (tertiary/aromatic N) is 6. The molecule has 0 spiro atoms. The van der Waals surface area contributed by atoms with Gasteiger partial charge in [-0.15, -0.1) is 0 Å². The highest BCUT2D eigenvalue weighted by Gasteiger charge is 2.49. The lowest BCUT2D eigenvalue weighted by Crippen LogP contribution is -2.46. The number of rotatable bonds is 15. The Kier molecular flexibility index (Phi) is 14.6. The molecule has 22 nitrogen and oxygen atoms in total. The Morgan fingerprint density at radius 1 is 0.930 bits per heavy atom. The van der Waals surface area contributed by atoms with Crippen molar-refractivity contribution in [2.45, 2.75) is 69.9 Å². The first kappa shape index (κ1) is 44.3. The maximum atomic E-state index is 12.6. The smallest absolute Gasteiger partial charge is 0.478 e. The number of anilines is 1. The SMILES string of the molecule is CCN(CC)CC.NC(=O)c1ccc[n+]([C@@H]2O[C@H](COP(=O)([O-])OP(=O)(O)OC[C@H]3O[C@@H](n4c(-c5ccccc5)nc5c(N)ncnc54)[C@H](O)[C@@H]3O)[C@@H](O)[C@H]2O)c1. The van der Waals surface area contributed by atoms with Gasteiger partial charge in [-0.05, 0) is 25.7 Å². The number of nitrogens with two attached hydrogens (primary N) is 2. The predicted octanol–water partition coefficient (Wildman–Crippen LogP) is -0.633. The number of hydrogen-bond acceptors (Lipinski definition) is 18. The number of amides is 1. The molecular weight excluding hydrogens is 794 g/mol. The van der Waals surface area contributed by atoms with Gasteiger partial charge in [0.2, 0.25) is 0 Å². The summed E-state index contributed by atoms with van der Waals surface area (Å²) in [6.07, 6.45) is -8.55. The van der Waals surface area contributed by atoms with E-state index in [9.17, 15) is 44.1 Å². The highest BCUT2D eigenvalue weighted by atomic mass is 31.3. The first-order chi connectivity index (χ1) is 27.0. The molecule has 2 unspecified atom stereocenters. The Morgan fingerprint density at radius 3 is 2.19 bits per heavy atom. The van der Waals surface area contributed by atoms with Crippen molar-refractivity contribution in [2.24, 2.45) is 5.73 Å². The first-order valence-corrected chi connectivity index (χ1v) is 20.7. The van der Waals surface area contributed by atoms with Crippen molar-refractivity contribution < 1.29 is 71.5 Å². The van der Waals surface area contributed by atoms with E-state index in [4.69, 9.17) is 25.5 Å². The van der Waals surface area contributed by atoms with Crippen LogP contribution in [0.2, 0.25) is 0 Å². The molecule has 2 fully saturated rings. The third kappa shape index (κ3) is 10.4. The molecule has 2 saturated heterocycles. The Bertz CT molecular complexity index is 2070. The van der Waals surface area contributed by atoms with Crippen LogP contribution in [0.3, 0.4) is 0 Å². The summed E-state index contributed by atoms with van der Waals surface area (Å²) < 4.78 is 52.6. The second-order valence-electron chi connectivity index (χ2n) is 12.8. The molecule has 0 bridgehead atoms. The van der Waals surface area contributed by atoms with E-state index < -0.39 is 83.8 Å². The number of aliphatic hydroxyl groups is 4. The number of aliphatic hydroxyl groups excluding tert-OH is 4. The van der Waals surface area contributed by atoms with E-state index in [0.717, 1.165) is 6.33 Å². The van der Waals surface area contributed by atoms with Crippen LogP contribution in [-0.2, 0) is 32.0 Å².